The highest BCUT2D eigenvalue weighted by Gasteiger charge is 2.43. The molecule has 126 valence electrons. The average Bonchev–Trinajstić information content (AvgIpc) is 3.02. The Morgan fingerprint density at radius 2 is 1.92 bits per heavy atom. The van der Waals surface area contributed by atoms with Crippen LogP contribution in [-0.4, -0.2) is 14.7 Å². The molecular weight excluding hydrogens is 328 g/mol. The van der Waals surface area contributed by atoms with Gasteiger partial charge in [0.2, 0.25) is 0 Å². The highest BCUT2D eigenvalue weighted by molar-refractivity contribution is 7.13. The summed E-state index contributed by atoms with van der Waals surface area (Å²) in [6.07, 6.45) is 1.82. The van der Waals surface area contributed by atoms with Gasteiger partial charge in [-0.25, -0.2) is 0 Å². The van der Waals surface area contributed by atoms with Crippen molar-refractivity contribution in [2.75, 3.05) is 6.61 Å². The molecule has 3 heteroatoms. The number of aryl methyl sites for hydroxylation is 1. The summed E-state index contributed by atoms with van der Waals surface area (Å²) < 4.78 is 5.99. The topological polar surface area (TPSA) is 9.23 Å². The Morgan fingerprint density at radius 3 is 2.62 bits per heavy atom. The molecule has 24 heavy (non-hydrogen) atoms. The van der Waals surface area contributed by atoms with Crippen LogP contribution < -0.4 is 9.92 Å². The van der Waals surface area contributed by atoms with Crippen LogP contribution in [0.4, 0.5) is 0 Å². The first-order valence-electron chi connectivity index (χ1n) is 8.49. The van der Waals surface area contributed by atoms with Gasteiger partial charge in [0.25, 0.3) is 0 Å². The average molecular weight is 355 g/mol. The van der Waals surface area contributed by atoms with E-state index in [0.717, 1.165) is 5.75 Å². The zero-order valence-electron chi connectivity index (χ0n) is 15.3. The largest absolute Gasteiger partial charge is 0.490 e. The summed E-state index contributed by atoms with van der Waals surface area (Å²) in [5, 5.41) is 1.41. The van der Waals surface area contributed by atoms with Crippen molar-refractivity contribution in [1.82, 2.24) is 0 Å². The fourth-order valence-electron chi connectivity index (χ4n) is 3.96. The number of fused-ring (bicyclic) bond motifs is 1. The van der Waals surface area contributed by atoms with E-state index in [0.29, 0.717) is 12.1 Å². The smallest absolute Gasteiger partial charge is 0.119 e. The summed E-state index contributed by atoms with van der Waals surface area (Å²) >= 11 is 1.97. The predicted octanol–water partition coefficient (Wildman–Crippen LogP) is 5.67. The predicted molar refractivity (Wildman–Crippen MR) is 109 cm³/mol. The van der Waals surface area contributed by atoms with Crippen molar-refractivity contribution in [2.45, 2.75) is 39.4 Å². The van der Waals surface area contributed by atoms with Gasteiger partial charge in [-0.15, -0.1) is 11.3 Å². The maximum atomic E-state index is 5.99. The summed E-state index contributed by atoms with van der Waals surface area (Å²) in [6, 6.07) is 11.0. The molecule has 1 aliphatic carbocycles. The van der Waals surface area contributed by atoms with Gasteiger partial charge >= 0.3 is 0 Å². The summed E-state index contributed by atoms with van der Waals surface area (Å²) in [5.74, 6) is 1.03. The molecule has 1 aromatic heterocycles. The molecule has 3 rings (SSSR count). The van der Waals surface area contributed by atoms with Crippen LogP contribution in [0.3, 0.4) is 0 Å². The van der Waals surface area contributed by atoms with Crippen molar-refractivity contribution < 1.29 is 4.74 Å². The number of ether oxygens (including phenoxy) is 1. The van der Waals surface area contributed by atoms with E-state index in [2.05, 4.69) is 70.8 Å². The Balaban J connectivity index is 2.10. The Hall–Kier alpha value is -1.58. The van der Waals surface area contributed by atoms with Crippen LogP contribution in [0.1, 0.15) is 34.7 Å². The lowest BCUT2D eigenvalue weighted by molar-refractivity contribution is 0.366. The highest BCUT2D eigenvalue weighted by atomic mass is 32.1. The van der Waals surface area contributed by atoms with Gasteiger partial charge in [0.1, 0.15) is 12.4 Å². The van der Waals surface area contributed by atoms with Crippen molar-refractivity contribution >= 4 is 30.2 Å². The lowest BCUT2D eigenvalue weighted by Crippen LogP contribution is -2.48. The summed E-state index contributed by atoms with van der Waals surface area (Å²) in [6.45, 7) is 16.1. The molecule has 1 atom stereocenters. The van der Waals surface area contributed by atoms with Crippen LogP contribution in [0.5, 0.6) is 5.75 Å². The zero-order valence-corrected chi connectivity index (χ0v) is 17.1. The van der Waals surface area contributed by atoms with E-state index >= 15 is 0 Å². The SMILES string of the molecule is C=CCOc1ccccc1[Si](C)(C)C1C(C)=C(C)c2cc(C)sc21. The van der Waals surface area contributed by atoms with Crippen molar-refractivity contribution in [3.05, 3.63) is 63.9 Å². The van der Waals surface area contributed by atoms with Crippen LogP contribution in [0.2, 0.25) is 13.1 Å². The molecule has 2 aromatic rings. The van der Waals surface area contributed by atoms with Crippen molar-refractivity contribution in [3.63, 3.8) is 0 Å². The van der Waals surface area contributed by atoms with E-state index < -0.39 is 8.07 Å². The normalized spacial score (nSPS) is 17.1. The summed E-state index contributed by atoms with van der Waals surface area (Å²) in [4.78, 5) is 2.98. The molecule has 1 aliphatic rings. The van der Waals surface area contributed by atoms with Gasteiger partial charge in [-0.3, -0.25) is 0 Å². The third kappa shape index (κ3) is 2.70. The summed E-state index contributed by atoms with van der Waals surface area (Å²) in [5.41, 5.74) is 5.04. The molecule has 0 saturated heterocycles. The number of rotatable bonds is 5. The van der Waals surface area contributed by atoms with E-state index in [1.165, 1.54) is 21.2 Å². The fraction of sp³-hybridized carbons (Fsp3) is 0.333. The minimum absolute atomic E-state index is 0.541. The van der Waals surface area contributed by atoms with Crippen LogP contribution in [0, 0.1) is 6.92 Å². The number of thiophene rings is 1. The van der Waals surface area contributed by atoms with Gasteiger partial charge in [-0.2, -0.15) is 0 Å². The van der Waals surface area contributed by atoms with Gasteiger partial charge < -0.3 is 4.74 Å². The highest BCUT2D eigenvalue weighted by Crippen LogP contribution is 2.50. The molecule has 1 unspecified atom stereocenters. The number of para-hydroxylation sites is 1. The monoisotopic (exact) mass is 354 g/mol. The Morgan fingerprint density at radius 1 is 1.21 bits per heavy atom. The number of allylic oxidation sites excluding steroid dienone is 2. The Labute approximate surface area is 150 Å². The first kappa shape index (κ1) is 17.2. The summed E-state index contributed by atoms with van der Waals surface area (Å²) in [7, 11) is -1.79. The molecule has 0 saturated carbocycles. The third-order valence-corrected chi connectivity index (χ3v) is 10.5. The van der Waals surface area contributed by atoms with E-state index in [4.69, 9.17) is 4.74 Å². The molecule has 1 aromatic carbocycles. The van der Waals surface area contributed by atoms with Gasteiger partial charge in [-0.1, -0.05) is 49.5 Å². The minimum atomic E-state index is -1.79. The van der Waals surface area contributed by atoms with Crippen LogP contribution in [-0.2, 0) is 0 Å². The van der Waals surface area contributed by atoms with E-state index in [1.807, 2.05) is 17.4 Å². The molecule has 0 fully saturated rings. The van der Waals surface area contributed by atoms with Gasteiger partial charge in [0.15, 0.2) is 0 Å². The molecule has 1 heterocycles. The van der Waals surface area contributed by atoms with Crippen LogP contribution >= 0.6 is 11.3 Å². The lowest BCUT2D eigenvalue weighted by Gasteiger charge is -2.33. The molecule has 1 nitrogen and oxygen atoms in total. The molecule has 0 spiro atoms. The molecule has 0 aliphatic heterocycles. The van der Waals surface area contributed by atoms with E-state index in [1.54, 1.807) is 10.5 Å². The third-order valence-electron chi connectivity index (χ3n) is 5.23. The fourth-order valence-corrected chi connectivity index (χ4v) is 9.90. The van der Waals surface area contributed by atoms with Crippen LogP contribution in [0.25, 0.3) is 5.57 Å². The number of benzene rings is 1. The van der Waals surface area contributed by atoms with Crippen molar-refractivity contribution in [1.29, 1.82) is 0 Å². The molecule has 0 radical (unpaired) electrons. The van der Waals surface area contributed by atoms with Crippen molar-refractivity contribution in [2.24, 2.45) is 0 Å². The number of hydrogen-bond acceptors (Lipinski definition) is 2. The van der Waals surface area contributed by atoms with E-state index in [-0.39, 0.29) is 0 Å². The maximum Gasteiger partial charge on any atom is 0.119 e. The molecule has 0 N–H and O–H groups in total. The number of hydrogen-bond donors (Lipinski definition) is 0. The molecule has 0 bridgehead atoms. The molecule has 0 amide bonds. The lowest BCUT2D eigenvalue weighted by atomic mass is 10.1. The van der Waals surface area contributed by atoms with Gasteiger partial charge in [0, 0.05) is 15.3 Å². The Bertz CT molecular complexity index is 813. The first-order valence-corrected chi connectivity index (χ1v) is 12.4. The second-order valence-corrected chi connectivity index (χ2v) is 13.0. The Kier molecular flexibility index (Phi) is 4.58. The van der Waals surface area contributed by atoms with Crippen molar-refractivity contribution in [3.8, 4) is 5.75 Å². The second kappa shape index (κ2) is 6.38. The minimum Gasteiger partial charge on any atom is -0.490 e. The van der Waals surface area contributed by atoms with Crippen LogP contribution in [0.15, 0.2) is 48.6 Å². The first-order chi connectivity index (χ1) is 11.4. The second-order valence-electron chi connectivity index (χ2n) is 7.19. The zero-order chi connectivity index (χ0) is 17.5. The van der Waals surface area contributed by atoms with Gasteiger partial charge in [0.05, 0.1) is 8.07 Å². The standard InChI is InChI=1S/C21H26OSSi/c1-7-12-22-18-10-8-9-11-19(18)24(5,6)21-16(4)15(3)17-13-14(2)23-20(17)21/h7-11,13,21H,1,12H2,2-6H3. The van der Waals surface area contributed by atoms with E-state index in [9.17, 15) is 0 Å². The quantitative estimate of drug-likeness (QED) is 0.497. The molecular formula is C21H26OSSi. The maximum absolute atomic E-state index is 5.99. The van der Waals surface area contributed by atoms with Gasteiger partial charge in [-0.05, 0) is 49.2 Å².